The van der Waals surface area contributed by atoms with E-state index in [0.717, 1.165) is 12.3 Å². The maximum Gasteiger partial charge on any atom is 0.511 e. The number of hydrogen-bond acceptors (Lipinski definition) is 2. The lowest BCUT2D eigenvalue weighted by Crippen LogP contribution is -2.34. The molecule has 2 nitrogen and oxygen atoms in total. The number of ether oxygens (including phenoxy) is 1. The fraction of sp³-hybridized carbons (Fsp3) is 0.222. The van der Waals surface area contributed by atoms with Crippen LogP contribution in [-0.4, -0.2) is 18.1 Å². The second kappa shape index (κ2) is 4.38. The molecular formula is C9H10BF3NO-. The van der Waals surface area contributed by atoms with Crippen LogP contribution in [0.3, 0.4) is 0 Å². The molecule has 1 aromatic heterocycles. The van der Waals surface area contributed by atoms with E-state index in [9.17, 15) is 12.9 Å². The van der Waals surface area contributed by atoms with E-state index in [2.05, 4.69) is 11.6 Å². The maximum atomic E-state index is 12.3. The molecule has 0 aliphatic heterocycles. The summed E-state index contributed by atoms with van der Waals surface area (Å²) in [5.74, 6) is 0.0964. The molecule has 0 spiro atoms. The number of pyridine rings is 1. The Balaban J connectivity index is 2.88. The highest BCUT2D eigenvalue weighted by Crippen LogP contribution is 2.14. The van der Waals surface area contributed by atoms with E-state index < -0.39 is 12.4 Å². The first kappa shape index (κ1) is 11.6. The van der Waals surface area contributed by atoms with Crippen molar-refractivity contribution in [1.29, 1.82) is 0 Å². The van der Waals surface area contributed by atoms with Gasteiger partial charge in [0, 0.05) is 6.20 Å². The lowest BCUT2D eigenvalue weighted by molar-refractivity contribution is 0.269. The average Bonchev–Trinajstić information content (AvgIpc) is 2.17. The first-order chi connectivity index (χ1) is 6.93. The van der Waals surface area contributed by atoms with Gasteiger partial charge in [-0.3, -0.25) is 4.98 Å². The molecular weight excluding hydrogens is 206 g/mol. The van der Waals surface area contributed by atoms with Crippen molar-refractivity contribution < 1.29 is 17.7 Å². The Morgan fingerprint density at radius 3 is 2.67 bits per heavy atom. The zero-order valence-electron chi connectivity index (χ0n) is 8.16. The number of halogens is 3. The first-order valence-corrected chi connectivity index (χ1v) is 4.37. The Morgan fingerprint density at radius 2 is 2.13 bits per heavy atom. The minimum Gasteiger partial charge on any atom is -0.485 e. The fourth-order valence-corrected chi connectivity index (χ4v) is 0.942. The normalized spacial score (nSPS) is 13.3. The summed E-state index contributed by atoms with van der Waals surface area (Å²) in [6.07, 6.45) is 3.17. The molecule has 1 atom stereocenters. The summed E-state index contributed by atoms with van der Waals surface area (Å²) < 4.78 is 42.1. The van der Waals surface area contributed by atoms with Crippen molar-refractivity contribution in [3.8, 4) is 5.75 Å². The highest BCUT2D eigenvalue weighted by Gasteiger charge is 2.26. The van der Waals surface area contributed by atoms with Gasteiger partial charge in [0.1, 0.15) is 11.9 Å². The predicted molar refractivity (Wildman–Crippen MR) is 53.2 cm³/mol. The third-order valence-electron chi connectivity index (χ3n) is 1.77. The van der Waals surface area contributed by atoms with Gasteiger partial charge in [-0.2, -0.15) is 0 Å². The fourth-order valence-electron chi connectivity index (χ4n) is 0.942. The van der Waals surface area contributed by atoms with Gasteiger partial charge in [0.25, 0.3) is 0 Å². The second-order valence-electron chi connectivity index (χ2n) is 3.09. The van der Waals surface area contributed by atoms with Gasteiger partial charge in [0.2, 0.25) is 0 Å². The van der Waals surface area contributed by atoms with Crippen molar-refractivity contribution in [2.75, 3.05) is 0 Å². The van der Waals surface area contributed by atoms with Crippen molar-refractivity contribution >= 4 is 12.4 Å². The van der Waals surface area contributed by atoms with Crippen molar-refractivity contribution in [1.82, 2.24) is 4.98 Å². The number of hydrogen-bond donors (Lipinski definition) is 0. The van der Waals surface area contributed by atoms with Crippen molar-refractivity contribution in [2.45, 2.75) is 13.0 Å². The topological polar surface area (TPSA) is 22.1 Å². The van der Waals surface area contributed by atoms with Crippen LogP contribution in [0.4, 0.5) is 12.9 Å². The summed E-state index contributed by atoms with van der Waals surface area (Å²) >= 11 is 0. The maximum absolute atomic E-state index is 12.3. The van der Waals surface area contributed by atoms with E-state index in [1.165, 1.54) is 12.3 Å². The van der Waals surface area contributed by atoms with Crippen molar-refractivity contribution in [2.24, 2.45) is 0 Å². The predicted octanol–water partition coefficient (Wildman–Crippen LogP) is 2.09. The molecule has 0 saturated heterocycles. The summed E-state index contributed by atoms with van der Waals surface area (Å²) in [5, 5.41) is 0. The van der Waals surface area contributed by atoms with E-state index in [-0.39, 0.29) is 11.9 Å². The Hall–Kier alpha value is -1.46. The Bertz CT molecular complexity index is 353. The van der Waals surface area contributed by atoms with E-state index in [1.54, 1.807) is 6.92 Å². The molecule has 0 radical (unpaired) electrons. The summed E-state index contributed by atoms with van der Waals surface area (Å²) in [6, 6.07) is 0.938. The Morgan fingerprint density at radius 1 is 1.47 bits per heavy atom. The van der Waals surface area contributed by atoms with E-state index in [1.807, 2.05) is 0 Å². The number of rotatable bonds is 4. The standard InChI is InChI=1S/C9H10BF3NO/c1-3-7(2)15-9-4-8(5-14-6-9)10(11,12)13/h3-7H,1H2,2H3/q-1. The number of nitrogens with zero attached hydrogens (tertiary/aromatic N) is 1. The lowest BCUT2D eigenvalue weighted by Gasteiger charge is -2.16. The van der Waals surface area contributed by atoms with Crippen LogP contribution in [0.5, 0.6) is 5.75 Å². The second-order valence-corrected chi connectivity index (χ2v) is 3.09. The molecule has 0 fully saturated rings. The zero-order valence-corrected chi connectivity index (χ0v) is 8.16. The van der Waals surface area contributed by atoms with Crippen LogP contribution >= 0.6 is 0 Å². The van der Waals surface area contributed by atoms with Crippen molar-refractivity contribution in [3.63, 3.8) is 0 Å². The monoisotopic (exact) mass is 216 g/mol. The molecule has 1 unspecified atom stereocenters. The first-order valence-electron chi connectivity index (χ1n) is 4.37. The molecule has 15 heavy (non-hydrogen) atoms. The molecule has 0 aliphatic carbocycles. The Kier molecular flexibility index (Phi) is 3.39. The third kappa shape index (κ3) is 3.30. The third-order valence-corrected chi connectivity index (χ3v) is 1.77. The molecule has 1 heterocycles. The molecule has 82 valence electrons. The average molecular weight is 216 g/mol. The summed E-state index contributed by atoms with van der Waals surface area (Å²) in [6.45, 7) is 0.116. The molecule has 1 rings (SSSR count). The summed E-state index contributed by atoms with van der Waals surface area (Å²) in [5.41, 5.74) is -0.760. The highest BCUT2D eigenvalue weighted by atomic mass is 19.4. The smallest absolute Gasteiger partial charge is 0.485 e. The van der Waals surface area contributed by atoms with Crippen LogP contribution in [0.25, 0.3) is 0 Å². The van der Waals surface area contributed by atoms with Gasteiger partial charge in [-0.05, 0) is 13.0 Å². The molecule has 1 aromatic rings. The highest BCUT2D eigenvalue weighted by molar-refractivity contribution is 6.73. The number of aromatic nitrogens is 1. The van der Waals surface area contributed by atoms with E-state index in [4.69, 9.17) is 4.74 Å². The van der Waals surface area contributed by atoms with Crippen LogP contribution in [0.1, 0.15) is 6.92 Å². The summed E-state index contributed by atoms with van der Waals surface area (Å²) in [4.78, 5) is 3.47. The molecule has 0 aliphatic rings. The quantitative estimate of drug-likeness (QED) is 0.567. The van der Waals surface area contributed by atoms with E-state index >= 15 is 0 Å². The van der Waals surface area contributed by atoms with E-state index in [0.29, 0.717) is 0 Å². The van der Waals surface area contributed by atoms with Crippen LogP contribution < -0.4 is 10.2 Å². The van der Waals surface area contributed by atoms with Crippen LogP contribution in [0, 0.1) is 0 Å². The van der Waals surface area contributed by atoms with Gasteiger partial charge in [0.15, 0.2) is 0 Å². The molecule has 0 saturated carbocycles. The van der Waals surface area contributed by atoms with Crippen LogP contribution in [0.2, 0.25) is 0 Å². The van der Waals surface area contributed by atoms with Crippen LogP contribution in [-0.2, 0) is 0 Å². The molecule has 0 N–H and O–H groups in total. The van der Waals surface area contributed by atoms with Gasteiger partial charge in [-0.15, -0.1) is 0 Å². The largest absolute Gasteiger partial charge is 0.511 e. The lowest BCUT2D eigenvalue weighted by atomic mass is 9.81. The van der Waals surface area contributed by atoms with Gasteiger partial charge < -0.3 is 17.7 Å². The SMILES string of the molecule is C=CC(C)Oc1cncc([B-](F)(F)F)c1. The van der Waals surface area contributed by atoms with Crippen LogP contribution in [0.15, 0.2) is 31.1 Å². The van der Waals surface area contributed by atoms with Gasteiger partial charge in [-0.1, -0.05) is 18.1 Å². The molecule has 6 heteroatoms. The summed E-state index contributed by atoms with van der Waals surface area (Å²) in [7, 11) is 0. The molecule has 0 amide bonds. The van der Waals surface area contributed by atoms with Gasteiger partial charge in [0.05, 0.1) is 6.20 Å². The minimum atomic E-state index is -5.03. The Labute approximate surface area is 85.8 Å². The van der Waals surface area contributed by atoms with Gasteiger partial charge in [-0.25, -0.2) is 0 Å². The molecule has 0 bridgehead atoms. The van der Waals surface area contributed by atoms with Crippen molar-refractivity contribution in [3.05, 3.63) is 31.1 Å². The molecule has 0 aromatic carbocycles. The zero-order chi connectivity index (χ0) is 11.5. The minimum absolute atomic E-state index is 0.0964. The van der Waals surface area contributed by atoms with Gasteiger partial charge >= 0.3 is 6.98 Å².